The van der Waals surface area contributed by atoms with Crippen molar-refractivity contribution < 1.29 is 10.0 Å². The van der Waals surface area contributed by atoms with Gasteiger partial charge in [0.05, 0.1) is 11.6 Å². The van der Waals surface area contributed by atoms with Gasteiger partial charge in [-0.1, -0.05) is 18.2 Å². The van der Waals surface area contributed by atoms with Gasteiger partial charge in [-0.05, 0) is 18.2 Å². The SMILES string of the molecule is N=c1ccn(O)cc1/C=C1/C(=O)Nc2ccccc21. The molecule has 1 amide bonds. The van der Waals surface area contributed by atoms with Gasteiger partial charge in [0.2, 0.25) is 0 Å². The van der Waals surface area contributed by atoms with E-state index in [1.165, 1.54) is 18.5 Å². The third kappa shape index (κ3) is 1.91. The van der Waals surface area contributed by atoms with Gasteiger partial charge >= 0.3 is 0 Å². The van der Waals surface area contributed by atoms with Gasteiger partial charge in [-0.15, -0.1) is 0 Å². The first-order chi connectivity index (χ1) is 9.15. The van der Waals surface area contributed by atoms with Gasteiger partial charge in [0.15, 0.2) is 0 Å². The Morgan fingerprint density at radius 2 is 2.05 bits per heavy atom. The second-order valence-electron chi connectivity index (χ2n) is 4.25. The van der Waals surface area contributed by atoms with Gasteiger partial charge in [0, 0.05) is 28.6 Å². The molecule has 0 unspecified atom stereocenters. The van der Waals surface area contributed by atoms with E-state index in [-0.39, 0.29) is 11.3 Å². The van der Waals surface area contributed by atoms with E-state index in [9.17, 15) is 10.0 Å². The summed E-state index contributed by atoms with van der Waals surface area (Å²) in [6, 6.07) is 8.84. The van der Waals surface area contributed by atoms with E-state index in [0.29, 0.717) is 11.1 Å². The highest BCUT2D eigenvalue weighted by Gasteiger charge is 2.23. The Labute approximate surface area is 108 Å². The lowest BCUT2D eigenvalue weighted by atomic mass is 10.0. The molecule has 3 rings (SSSR count). The van der Waals surface area contributed by atoms with Crippen LogP contribution in [0.2, 0.25) is 0 Å². The molecule has 1 aliphatic rings. The predicted octanol–water partition coefficient (Wildman–Crippen LogP) is 1.70. The Balaban J connectivity index is 2.17. The molecule has 1 aromatic carbocycles. The summed E-state index contributed by atoms with van der Waals surface area (Å²) >= 11 is 0. The molecular weight excluding hydrogens is 242 g/mol. The molecule has 0 bridgehead atoms. The maximum atomic E-state index is 11.9. The molecular formula is C14H11N3O2. The fourth-order valence-electron chi connectivity index (χ4n) is 2.05. The van der Waals surface area contributed by atoms with Crippen LogP contribution < -0.4 is 10.7 Å². The summed E-state index contributed by atoms with van der Waals surface area (Å²) in [4.78, 5) is 11.9. The number of hydrogen-bond donors (Lipinski definition) is 3. The number of para-hydroxylation sites is 1. The average Bonchev–Trinajstić information content (AvgIpc) is 2.71. The molecule has 3 N–H and O–H groups in total. The molecule has 0 atom stereocenters. The Morgan fingerprint density at radius 1 is 1.26 bits per heavy atom. The van der Waals surface area contributed by atoms with E-state index < -0.39 is 0 Å². The van der Waals surface area contributed by atoms with Crippen molar-refractivity contribution in [3.05, 3.63) is 59.2 Å². The summed E-state index contributed by atoms with van der Waals surface area (Å²) in [6.45, 7) is 0. The molecule has 0 spiro atoms. The number of nitrogens with zero attached hydrogens (tertiary/aromatic N) is 1. The Kier molecular flexibility index (Phi) is 2.45. The maximum absolute atomic E-state index is 11.9. The minimum atomic E-state index is -0.200. The smallest absolute Gasteiger partial charge is 0.256 e. The van der Waals surface area contributed by atoms with Crippen molar-refractivity contribution in [3.8, 4) is 0 Å². The highest BCUT2D eigenvalue weighted by Crippen LogP contribution is 2.32. The number of aromatic nitrogens is 1. The second kappa shape index (κ2) is 4.13. The van der Waals surface area contributed by atoms with Crippen molar-refractivity contribution in [2.24, 2.45) is 0 Å². The van der Waals surface area contributed by atoms with Gasteiger partial charge in [-0.2, -0.15) is 0 Å². The first-order valence-electron chi connectivity index (χ1n) is 5.74. The van der Waals surface area contributed by atoms with Crippen molar-refractivity contribution in [2.75, 3.05) is 5.32 Å². The van der Waals surface area contributed by atoms with E-state index in [4.69, 9.17) is 5.41 Å². The zero-order valence-electron chi connectivity index (χ0n) is 9.92. The number of carbonyl (C=O) groups excluding carboxylic acids is 1. The summed E-state index contributed by atoms with van der Waals surface area (Å²) in [5, 5.41) is 20.2. The monoisotopic (exact) mass is 253 g/mol. The van der Waals surface area contributed by atoms with Crippen molar-refractivity contribution in [2.45, 2.75) is 0 Å². The highest BCUT2D eigenvalue weighted by atomic mass is 16.5. The van der Waals surface area contributed by atoms with Crippen molar-refractivity contribution in [3.63, 3.8) is 0 Å². The van der Waals surface area contributed by atoms with E-state index in [2.05, 4.69) is 5.32 Å². The largest absolute Gasteiger partial charge is 0.429 e. The molecule has 0 saturated heterocycles. The van der Waals surface area contributed by atoms with Crippen LogP contribution in [-0.4, -0.2) is 15.8 Å². The number of pyridine rings is 1. The zero-order valence-corrected chi connectivity index (χ0v) is 9.92. The first-order valence-corrected chi connectivity index (χ1v) is 5.74. The summed E-state index contributed by atoms with van der Waals surface area (Å²) in [6.07, 6.45) is 4.37. The van der Waals surface area contributed by atoms with Crippen LogP contribution in [0, 0.1) is 5.41 Å². The summed E-state index contributed by atoms with van der Waals surface area (Å²) in [5.74, 6) is -0.200. The van der Waals surface area contributed by atoms with Crippen LogP contribution in [0.4, 0.5) is 5.69 Å². The van der Waals surface area contributed by atoms with E-state index in [1.54, 1.807) is 6.08 Å². The van der Waals surface area contributed by atoms with Gasteiger partial charge in [0.25, 0.3) is 5.91 Å². The third-order valence-corrected chi connectivity index (χ3v) is 2.99. The molecule has 0 aliphatic carbocycles. The average molecular weight is 253 g/mol. The molecule has 94 valence electrons. The van der Waals surface area contributed by atoms with Gasteiger partial charge in [0.1, 0.15) is 0 Å². The molecule has 5 heteroatoms. The number of anilines is 1. The molecule has 1 aromatic heterocycles. The lowest BCUT2D eigenvalue weighted by Gasteiger charge is -2.01. The molecule has 0 radical (unpaired) electrons. The van der Waals surface area contributed by atoms with Gasteiger partial charge in [-0.25, -0.2) is 4.73 Å². The van der Waals surface area contributed by atoms with Crippen LogP contribution >= 0.6 is 0 Å². The Morgan fingerprint density at radius 3 is 2.89 bits per heavy atom. The van der Waals surface area contributed by atoms with Crippen LogP contribution in [-0.2, 0) is 4.79 Å². The van der Waals surface area contributed by atoms with Crippen LogP contribution in [0.25, 0.3) is 11.6 Å². The lowest BCUT2D eigenvalue weighted by molar-refractivity contribution is -0.110. The summed E-state index contributed by atoms with van der Waals surface area (Å²) in [5.41, 5.74) is 2.54. The third-order valence-electron chi connectivity index (χ3n) is 2.99. The van der Waals surface area contributed by atoms with E-state index >= 15 is 0 Å². The second-order valence-corrected chi connectivity index (χ2v) is 4.25. The highest BCUT2D eigenvalue weighted by molar-refractivity contribution is 6.34. The lowest BCUT2D eigenvalue weighted by Crippen LogP contribution is -2.09. The fraction of sp³-hybridized carbons (Fsp3) is 0. The van der Waals surface area contributed by atoms with Crippen LogP contribution in [0.1, 0.15) is 11.1 Å². The van der Waals surface area contributed by atoms with Crippen molar-refractivity contribution >= 4 is 23.2 Å². The number of fused-ring (bicyclic) bond motifs is 1. The first kappa shape index (κ1) is 11.3. The van der Waals surface area contributed by atoms with Crippen LogP contribution in [0.3, 0.4) is 0 Å². The predicted molar refractivity (Wildman–Crippen MR) is 70.4 cm³/mol. The maximum Gasteiger partial charge on any atom is 0.256 e. The molecule has 2 aromatic rings. The van der Waals surface area contributed by atoms with Gasteiger partial charge < -0.3 is 15.9 Å². The van der Waals surface area contributed by atoms with E-state index in [0.717, 1.165) is 16.0 Å². The number of rotatable bonds is 1. The zero-order chi connectivity index (χ0) is 13.4. The fourth-order valence-corrected chi connectivity index (χ4v) is 2.05. The standard InChI is InChI=1S/C14H11N3O2/c15-12-5-6-17(19)8-9(12)7-11-10-3-1-2-4-13(10)16-14(11)18/h1-8,15,19H,(H,16,18)/b11-7+,15-12?. The summed E-state index contributed by atoms with van der Waals surface area (Å²) in [7, 11) is 0. The number of nitrogens with one attached hydrogen (secondary N) is 2. The number of amides is 1. The minimum absolute atomic E-state index is 0.200. The molecule has 1 aliphatic heterocycles. The molecule has 5 nitrogen and oxygen atoms in total. The molecule has 19 heavy (non-hydrogen) atoms. The summed E-state index contributed by atoms with van der Waals surface area (Å²) < 4.78 is 0.864. The number of benzene rings is 1. The van der Waals surface area contributed by atoms with Crippen LogP contribution in [0.5, 0.6) is 0 Å². The van der Waals surface area contributed by atoms with Crippen molar-refractivity contribution in [1.29, 1.82) is 5.41 Å². The Bertz CT molecular complexity index is 759. The quantitative estimate of drug-likeness (QED) is 0.534. The van der Waals surface area contributed by atoms with Gasteiger partial charge in [-0.3, -0.25) is 4.79 Å². The Hall–Kier alpha value is -2.82. The molecule has 2 heterocycles. The number of carbonyl (C=O) groups is 1. The number of hydrogen-bond acceptors (Lipinski definition) is 3. The molecule has 0 saturated carbocycles. The van der Waals surface area contributed by atoms with Crippen LogP contribution in [0.15, 0.2) is 42.7 Å². The minimum Gasteiger partial charge on any atom is -0.429 e. The molecule has 0 fully saturated rings. The normalized spacial score (nSPS) is 15.4. The van der Waals surface area contributed by atoms with E-state index in [1.807, 2.05) is 24.3 Å². The topological polar surface area (TPSA) is 78.1 Å². The van der Waals surface area contributed by atoms with Crippen molar-refractivity contribution in [1.82, 2.24) is 4.73 Å².